The molecule has 0 atom stereocenters. The summed E-state index contributed by atoms with van der Waals surface area (Å²) in [7, 11) is 0. The van der Waals surface area contributed by atoms with Gasteiger partial charge in [0, 0.05) is 141 Å². The first-order valence-electron chi connectivity index (χ1n) is 39.3. The van der Waals surface area contributed by atoms with Crippen molar-refractivity contribution < 1.29 is 93.2 Å². The number of aromatic nitrogens is 6. The third-order valence-corrected chi connectivity index (χ3v) is 21.7. The number of ether oxygens (including phenoxy) is 2. The third-order valence-electron chi connectivity index (χ3n) is 21.2. The van der Waals surface area contributed by atoms with Gasteiger partial charge in [0.1, 0.15) is 22.8 Å². The van der Waals surface area contributed by atoms with Gasteiger partial charge in [-0.05, 0) is 216 Å². The number of nitrogens with one attached hydrogen (secondary N) is 3. The lowest BCUT2D eigenvalue weighted by Gasteiger charge is -2.13. The van der Waals surface area contributed by atoms with E-state index in [1.54, 1.807) is 20.8 Å². The molecule has 6 aromatic heterocycles. The fourth-order valence-corrected chi connectivity index (χ4v) is 12.8. The molecule has 4 aliphatic rings. The largest absolute Gasteiger partial charge is 0.481 e. The number of nitrogen functional groups attached to an aromatic ring is 1. The first-order valence-corrected chi connectivity index (χ1v) is 40.1. The van der Waals surface area contributed by atoms with E-state index in [9.17, 15) is 73.5 Å². The van der Waals surface area contributed by atoms with E-state index in [1.165, 1.54) is 58.9 Å². The standard InChI is InChI=1S/C30H28ClF2N3O2.C16H15ClN2.C15H18F2N2O3.C13H14F2N2O3.C10H12F2N2O2.C5H8O2/c1-3-36-24-9-4-18(12-21(24)15-25(36)20-5-7-22(31)8-6-20)14-26(37)23-13-19(16-34-27(23)28(32)33)17-35-29(38)30(2)10-11-30;1-2-19-15-8-7-14(18)9-12(15)10-16(19)11-3-5-13(17)6-4-11;1-3-22-13(20)10-6-9(7-18-11(10)12(16)17)8-19-14(21)15(2)4-5-15;1-13(2-3-13)12(20)17-6-7-4-8(11(18)19)9(10(14)15)16-5-7;1-2-16-10(15)7-3-6(4-13)5-14-8(7)9(11)12;1-5(2-3-5)4(6)7/h4-9,12-13,15-16,28H,3,10-11,14,17H2,1-2H3,(H,35,38);3-10H,2,18H2,1H3;6-7,12H,3-5,8H2,1-2H3,(H,19,21);4-5,10H,2-3,6H2,1H3,(H,17,20)(H,18,19);3,5,9H,2,4,13H2,1H3;2-3H2,1H3,(H,6,7). The predicted molar refractivity (Wildman–Crippen MR) is 445 cm³/mol. The second kappa shape index (κ2) is 41.2. The van der Waals surface area contributed by atoms with E-state index < -0.39 is 83.7 Å². The number of alkyl halides is 8. The number of carboxylic acid groups (broad SMARTS) is 2. The van der Waals surface area contributed by atoms with Crippen LogP contribution in [0, 0.1) is 21.7 Å². The van der Waals surface area contributed by atoms with Crippen molar-refractivity contribution in [3.8, 4) is 22.5 Å². The summed E-state index contributed by atoms with van der Waals surface area (Å²) in [4.78, 5) is 108. The van der Waals surface area contributed by atoms with Gasteiger partial charge in [0.2, 0.25) is 17.7 Å². The number of carbonyl (C=O) groups excluding carboxylic acids is 6. The topological polar surface area (TPSA) is 345 Å². The molecule has 14 rings (SSSR count). The lowest BCUT2D eigenvalue weighted by Crippen LogP contribution is -2.29. The molecule has 0 spiro atoms. The van der Waals surface area contributed by atoms with Crippen LogP contribution in [0.15, 0.2) is 146 Å². The van der Waals surface area contributed by atoms with Crippen LogP contribution in [0.5, 0.6) is 0 Å². The molecule has 0 radical (unpaired) electrons. The lowest BCUT2D eigenvalue weighted by atomic mass is 9.99. The van der Waals surface area contributed by atoms with Crippen molar-refractivity contribution in [2.45, 2.75) is 178 Å². The van der Waals surface area contributed by atoms with Crippen molar-refractivity contribution in [1.29, 1.82) is 0 Å². The zero-order valence-corrected chi connectivity index (χ0v) is 69.8. The molecule has 6 heterocycles. The molecule has 33 heteroatoms. The van der Waals surface area contributed by atoms with Crippen molar-refractivity contribution in [1.82, 2.24) is 45.0 Å². The molecule has 4 fully saturated rings. The quantitative estimate of drug-likeness (QED) is 0.0109. The number of fused-ring (bicyclic) bond motifs is 2. The Bertz CT molecular complexity index is 5460. The Labute approximate surface area is 708 Å². The Kier molecular flexibility index (Phi) is 31.8. The van der Waals surface area contributed by atoms with Gasteiger partial charge in [-0.1, -0.05) is 74.3 Å². The van der Waals surface area contributed by atoms with Crippen LogP contribution in [0.25, 0.3) is 44.3 Å². The van der Waals surface area contributed by atoms with Gasteiger partial charge < -0.3 is 56.2 Å². The lowest BCUT2D eigenvalue weighted by molar-refractivity contribution is -0.142. The van der Waals surface area contributed by atoms with Gasteiger partial charge in [0.15, 0.2) is 5.78 Å². The van der Waals surface area contributed by atoms with Crippen LogP contribution in [-0.2, 0) is 74.3 Å². The van der Waals surface area contributed by atoms with E-state index in [0.717, 1.165) is 115 Å². The first-order chi connectivity index (χ1) is 57.8. The second-order valence-corrected chi connectivity index (χ2v) is 31.6. The van der Waals surface area contributed by atoms with E-state index >= 15 is 0 Å². The van der Waals surface area contributed by atoms with Gasteiger partial charge in [-0.25, -0.2) is 49.5 Å². The maximum absolute atomic E-state index is 13.7. The normalized spacial score (nSPS) is 14.3. The minimum Gasteiger partial charge on any atom is -0.481 e. The van der Waals surface area contributed by atoms with Crippen LogP contribution in [-0.4, -0.2) is 99.9 Å². The summed E-state index contributed by atoms with van der Waals surface area (Å²) in [6, 6.07) is 36.7. The molecule has 122 heavy (non-hydrogen) atoms. The highest BCUT2D eigenvalue weighted by Gasteiger charge is 2.47. The molecule has 9 N–H and O–H groups in total. The zero-order chi connectivity index (χ0) is 89.3. The number of hydrogen-bond acceptors (Lipinski definition) is 16. The summed E-state index contributed by atoms with van der Waals surface area (Å²) >= 11 is 12.0. The molecular weight excluding hydrogens is 1640 g/mol. The fraction of sp³-hybridized carbons (Fsp3) is 0.371. The summed E-state index contributed by atoms with van der Waals surface area (Å²) in [5.74, 6) is -4.47. The molecule has 0 bridgehead atoms. The minimum absolute atomic E-state index is 0.0429. The number of carboxylic acids is 2. The van der Waals surface area contributed by atoms with Crippen molar-refractivity contribution in [2.75, 3.05) is 18.9 Å². The number of anilines is 1. The molecule has 0 aliphatic heterocycles. The molecule has 23 nitrogen and oxygen atoms in total. The number of ketones is 1. The number of halogens is 10. The van der Waals surface area contributed by atoms with Crippen LogP contribution in [0.3, 0.4) is 0 Å². The first kappa shape index (κ1) is 94.2. The van der Waals surface area contributed by atoms with Gasteiger partial charge in [0.25, 0.3) is 25.7 Å². The average molecular weight is 1730 g/mol. The highest BCUT2D eigenvalue weighted by atomic mass is 35.5. The summed E-state index contributed by atoms with van der Waals surface area (Å²) in [5, 5.41) is 29.0. The zero-order valence-electron chi connectivity index (χ0n) is 68.3. The Morgan fingerprint density at radius 3 is 1.11 bits per heavy atom. The molecule has 4 saturated carbocycles. The molecule has 4 aromatic carbocycles. The minimum atomic E-state index is -2.95. The maximum atomic E-state index is 13.7. The van der Waals surface area contributed by atoms with Crippen LogP contribution >= 0.6 is 23.2 Å². The number of aliphatic carboxylic acids is 1. The summed E-state index contributed by atoms with van der Waals surface area (Å²) < 4.78 is 117. The third kappa shape index (κ3) is 24.6. The van der Waals surface area contributed by atoms with E-state index in [0.29, 0.717) is 27.3 Å². The van der Waals surface area contributed by atoms with Crippen molar-refractivity contribution >= 4 is 98.1 Å². The van der Waals surface area contributed by atoms with Crippen molar-refractivity contribution in [2.24, 2.45) is 27.4 Å². The Morgan fingerprint density at radius 2 is 0.779 bits per heavy atom. The Balaban J connectivity index is 0.000000176. The number of Topliss-reactive ketones (excluding diaryl/α,β-unsaturated/α-hetero) is 1. The van der Waals surface area contributed by atoms with Gasteiger partial charge in [-0.15, -0.1) is 0 Å². The van der Waals surface area contributed by atoms with Gasteiger partial charge >= 0.3 is 23.9 Å². The Hall–Kier alpha value is -11.7. The number of amides is 3. The number of hydrogen-bond donors (Lipinski definition) is 7. The number of esters is 2. The number of nitrogens with two attached hydrogens (primary N) is 2. The predicted octanol–water partition coefficient (Wildman–Crippen LogP) is 19.0. The van der Waals surface area contributed by atoms with Gasteiger partial charge in [0.05, 0.1) is 35.3 Å². The van der Waals surface area contributed by atoms with E-state index in [2.05, 4.69) is 81.8 Å². The number of rotatable bonds is 27. The van der Waals surface area contributed by atoms with E-state index in [1.807, 2.05) is 99.6 Å². The Morgan fingerprint density at radius 1 is 0.443 bits per heavy atom. The van der Waals surface area contributed by atoms with Crippen molar-refractivity contribution in [3.05, 3.63) is 229 Å². The van der Waals surface area contributed by atoms with Crippen molar-refractivity contribution in [3.63, 3.8) is 0 Å². The highest BCUT2D eigenvalue weighted by molar-refractivity contribution is 6.31. The van der Waals surface area contributed by atoms with Crippen LogP contribution in [0.4, 0.5) is 40.8 Å². The number of aryl methyl sites for hydroxylation is 2. The summed E-state index contributed by atoms with van der Waals surface area (Å²) in [6.45, 7) is 17.1. The van der Waals surface area contributed by atoms with Crippen LogP contribution < -0.4 is 27.4 Å². The second-order valence-electron chi connectivity index (χ2n) is 30.7. The van der Waals surface area contributed by atoms with Crippen LogP contribution in [0.1, 0.15) is 224 Å². The molecule has 0 unspecified atom stereocenters. The molecule has 4 aliphatic carbocycles. The smallest absolute Gasteiger partial charge is 0.340 e. The number of nitrogens with zero attached hydrogens (tertiary/aromatic N) is 6. The molecule has 3 amide bonds. The fourth-order valence-electron chi connectivity index (χ4n) is 12.5. The van der Waals surface area contributed by atoms with E-state index in [4.69, 9.17) is 49.6 Å². The molecule has 648 valence electrons. The molecule has 0 saturated heterocycles. The average Bonchev–Trinajstić information content (AvgIpc) is 1.62. The SMILES string of the molecule is CC1(C(=O)NCc2cnc(C(F)F)c(C(=O)O)c2)CC1.CC1(C(=O)O)CC1.CCOC(=O)c1cc(CN)cnc1C(F)F.CCOC(=O)c1cc(CNC(=O)C2(C)CC2)cnc1C(F)F.CCn1c(-c2ccc(Cl)cc2)cc2cc(CC(=O)c3cc(CNC(=O)C4(C)CC4)cnc3C(F)F)ccc21.CCn1c(-c2ccc(Cl)cc2)cc2cc(N)ccc21. The van der Waals surface area contributed by atoms with Gasteiger partial charge in [-0.3, -0.25) is 43.9 Å². The van der Waals surface area contributed by atoms with Crippen LogP contribution in [0.2, 0.25) is 10.0 Å². The van der Waals surface area contributed by atoms with E-state index in [-0.39, 0.29) is 102 Å². The number of carbonyl (C=O) groups is 8. The highest BCUT2D eigenvalue weighted by Crippen LogP contribution is 2.47. The maximum Gasteiger partial charge on any atom is 0.340 e. The number of benzene rings is 4. The molecule has 10 aromatic rings. The van der Waals surface area contributed by atoms with Gasteiger partial charge in [-0.2, -0.15) is 0 Å². The number of aromatic carboxylic acids is 1. The summed E-state index contributed by atoms with van der Waals surface area (Å²) in [6.07, 6.45) is 0.0777. The number of pyridine rings is 4. The molecular formula is C89H95Cl2F8N11O12. The monoisotopic (exact) mass is 1730 g/mol. The summed E-state index contributed by atoms with van der Waals surface area (Å²) in [5.41, 5.74) is 16.3.